The molecule has 2 aromatic rings. The summed E-state index contributed by atoms with van der Waals surface area (Å²) in [5, 5.41) is 7.54. The maximum absolute atomic E-state index is 4.65. The van der Waals surface area contributed by atoms with Crippen molar-refractivity contribution in [3.8, 4) is 11.4 Å². The summed E-state index contributed by atoms with van der Waals surface area (Å²) >= 11 is 1.69. The predicted octanol–water partition coefficient (Wildman–Crippen LogP) is 2.93. The highest BCUT2D eigenvalue weighted by Gasteiger charge is 2.08. The van der Waals surface area contributed by atoms with Crippen LogP contribution >= 0.6 is 11.3 Å². The van der Waals surface area contributed by atoms with Gasteiger partial charge in [-0.05, 0) is 36.9 Å². The van der Waals surface area contributed by atoms with E-state index in [1.807, 2.05) is 6.20 Å². The molecule has 0 spiro atoms. The van der Waals surface area contributed by atoms with Crippen LogP contribution in [0.5, 0.6) is 0 Å². The lowest BCUT2D eigenvalue weighted by molar-refractivity contribution is 0.704. The van der Waals surface area contributed by atoms with Gasteiger partial charge in [0.1, 0.15) is 0 Å². The zero-order chi connectivity index (χ0) is 12.3. The van der Waals surface area contributed by atoms with Crippen LogP contribution in [-0.2, 0) is 6.54 Å². The third-order valence-electron chi connectivity index (χ3n) is 2.72. The van der Waals surface area contributed by atoms with Gasteiger partial charge in [0.25, 0.3) is 0 Å². The molecular weight excluding hydrogens is 230 g/mol. The minimum absolute atomic E-state index is 0.807. The summed E-state index contributed by atoms with van der Waals surface area (Å²) in [6, 6.07) is 0. The highest BCUT2D eigenvalue weighted by Crippen LogP contribution is 2.24. The van der Waals surface area contributed by atoms with E-state index in [4.69, 9.17) is 0 Å². The Labute approximate surface area is 106 Å². The van der Waals surface area contributed by atoms with Crippen molar-refractivity contribution in [2.75, 3.05) is 6.54 Å². The molecule has 0 atom stereocenters. The zero-order valence-electron chi connectivity index (χ0n) is 10.4. The maximum Gasteiger partial charge on any atom is 0.160 e. The van der Waals surface area contributed by atoms with Crippen molar-refractivity contribution in [1.29, 1.82) is 0 Å². The summed E-state index contributed by atoms with van der Waals surface area (Å²) in [5.41, 5.74) is 4.62. The smallest absolute Gasteiger partial charge is 0.160 e. The lowest BCUT2D eigenvalue weighted by atomic mass is 10.2. The molecule has 2 heterocycles. The average molecular weight is 247 g/mol. The van der Waals surface area contributed by atoms with Crippen molar-refractivity contribution >= 4 is 11.3 Å². The Hall–Kier alpha value is -1.26. The molecule has 17 heavy (non-hydrogen) atoms. The fraction of sp³-hybridized carbons (Fsp3) is 0.385. The SMILES string of the molecule is CCNCc1nc(-c2cscc2C)ncc1C. The van der Waals surface area contributed by atoms with Crippen LogP contribution in [0.15, 0.2) is 17.0 Å². The van der Waals surface area contributed by atoms with E-state index in [9.17, 15) is 0 Å². The van der Waals surface area contributed by atoms with Gasteiger partial charge in [0.05, 0.1) is 5.69 Å². The molecule has 3 nitrogen and oxygen atoms in total. The Morgan fingerprint density at radius 3 is 2.71 bits per heavy atom. The second-order valence-electron chi connectivity index (χ2n) is 4.07. The van der Waals surface area contributed by atoms with E-state index >= 15 is 0 Å². The summed E-state index contributed by atoms with van der Waals surface area (Å²) in [6.45, 7) is 8.01. The first kappa shape index (κ1) is 12.2. The monoisotopic (exact) mass is 247 g/mol. The minimum atomic E-state index is 0.807. The van der Waals surface area contributed by atoms with E-state index in [0.29, 0.717) is 0 Å². The lowest BCUT2D eigenvalue weighted by Gasteiger charge is -2.07. The fourth-order valence-electron chi connectivity index (χ4n) is 1.62. The topological polar surface area (TPSA) is 37.8 Å². The van der Waals surface area contributed by atoms with Crippen molar-refractivity contribution in [3.05, 3.63) is 33.8 Å². The fourth-order valence-corrected chi connectivity index (χ4v) is 2.45. The number of aryl methyl sites for hydroxylation is 2. The molecule has 0 bridgehead atoms. The number of nitrogens with zero attached hydrogens (tertiary/aromatic N) is 2. The first-order chi connectivity index (χ1) is 8.22. The number of thiophene rings is 1. The van der Waals surface area contributed by atoms with Crippen LogP contribution in [-0.4, -0.2) is 16.5 Å². The first-order valence-electron chi connectivity index (χ1n) is 5.78. The first-order valence-corrected chi connectivity index (χ1v) is 6.73. The largest absolute Gasteiger partial charge is 0.311 e. The highest BCUT2D eigenvalue weighted by molar-refractivity contribution is 7.08. The van der Waals surface area contributed by atoms with Gasteiger partial charge in [0, 0.05) is 23.7 Å². The van der Waals surface area contributed by atoms with Crippen LogP contribution in [0.25, 0.3) is 11.4 Å². The van der Waals surface area contributed by atoms with E-state index in [-0.39, 0.29) is 0 Å². The standard InChI is InChI=1S/C13H17N3S/c1-4-14-6-12-9(2)5-15-13(16-12)11-8-17-7-10(11)3/h5,7-8,14H,4,6H2,1-3H3. The Balaban J connectivity index is 2.34. The summed E-state index contributed by atoms with van der Waals surface area (Å²) in [4.78, 5) is 9.06. The molecule has 0 aliphatic carbocycles. The molecule has 4 heteroatoms. The molecule has 0 saturated carbocycles. The van der Waals surface area contributed by atoms with Crippen molar-refractivity contribution in [1.82, 2.24) is 15.3 Å². The second-order valence-corrected chi connectivity index (χ2v) is 4.82. The third kappa shape index (κ3) is 2.70. The summed E-state index contributed by atoms with van der Waals surface area (Å²) < 4.78 is 0. The molecule has 2 rings (SSSR count). The molecule has 90 valence electrons. The van der Waals surface area contributed by atoms with Crippen LogP contribution in [0.2, 0.25) is 0 Å². The van der Waals surface area contributed by atoms with E-state index in [2.05, 4.69) is 46.8 Å². The minimum Gasteiger partial charge on any atom is -0.311 e. The quantitative estimate of drug-likeness (QED) is 0.902. The van der Waals surface area contributed by atoms with Crippen LogP contribution in [0, 0.1) is 13.8 Å². The number of aromatic nitrogens is 2. The van der Waals surface area contributed by atoms with Crippen LogP contribution in [0.1, 0.15) is 23.7 Å². The van der Waals surface area contributed by atoms with Crippen molar-refractivity contribution in [2.24, 2.45) is 0 Å². The van der Waals surface area contributed by atoms with E-state index < -0.39 is 0 Å². The molecule has 0 aliphatic heterocycles. The van der Waals surface area contributed by atoms with E-state index in [0.717, 1.165) is 35.7 Å². The maximum atomic E-state index is 4.65. The van der Waals surface area contributed by atoms with Crippen LogP contribution in [0.4, 0.5) is 0 Å². The van der Waals surface area contributed by atoms with Gasteiger partial charge in [0.15, 0.2) is 5.82 Å². The molecule has 0 aromatic carbocycles. The Kier molecular flexibility index (Phi) is 3.86. The van der Waals surface area contributed by atoms with Gasteiger partial charge in [-0.2, -0.15) is 11.3 Å². The zero-order valence-corrected chi connectivity index (χ0v) is 11.3. The molecule has 0 saturated heterocycles. The molecule has 0 amide bonds. The molecule has 0 radical (unpaired) electrons. The summed E-state index contributed by atoms with van der Waals surface area (Å²) in [5.74, 6) is 0.835. The van der Waals surface area contributed by atoms with E-state index in [1.165, 1.54) is 5.56 Å². The molecule has 0 aliphatic rings. The van der Waals surface area contributed by atoms with Crippen molar-refractivity contribution < 1.29 is 0 Å². The number of nitrogens with one attached hydrogen (secondary N) is 1. The van der Waals surface area contributed by atoms with Gasteiger partial charge in [0.2, 0.25) is 0 Å². The molecule has 1 N–H and O–H groups in total. The molecule has 2 aromatic heterocycles. The second kappa shape index (κ2) is 5.38. The summed E-state index contributed by atoms with van der Waals surface area (Å²) in [6.07, 6.45) is 1.91. The van der Waals surface area contributed by atoms with Gasteiger partial charge >= 0.3 is 0 Å². The van der Waals surface area contributed by atoms with Gasteiger partial charge in [-0.15, -0.1) is 0 Å². The lowest BCUT2D eigenvalue weighted by Crippen LogP contribution is -2.14. The van der Waals surface area contributed by atoms with Gasteiger partial charge in [-0.25, -0.2) is 9.97 Å². The Morgan fingerprint density at radius 2 is 2.06 bits per heavy atom. The average Bonchev–Trinajstić information content (AvgIpc) is 2.75. The van der Waals surface area contributed by atoms with Crippen molar-refractivity contribution in [2.45, 2.75) is 27.3 Å². The molecule has 0 unspecified atom stereocenters. The molecular formula is C13H17N3S. The Bertz CT molecular complexity index is 505. The van der Waals surface area contributed by atoms with Gasteiger partial charge in [-0.1, -0.05) is 6.92 Å². The molecule has 0 fully saturated rings. The number of rotatable bonds is 4. The third-order valence-corrected chi connectivity index (χ3v) is 3.58. The van der Waals surface area contributed by atoms with Crippen molar-refractivity contribution in [3.63, 3.8) is 0 Å². The van der Waals surface area contributed by atoms with Crippen LogP contribution < -0.4 is 5.32 Å². The number of hydrogen-bond donors (Lipinski definition) is 1. The normalized spacial score (nSPS) is 10.8. The summed E-state index contributed by atoms with van der Waals surface area (Å²) in [7, 11) is 0. The highest BCUT2D eigenvalue weighted by atomic mass is 32.1. The Morgan fingerprint density at radius 1 is 1.24 bits per heavy atom. The van der Waals surface area contributed by atoms with E-state index in [1.54, 1.807) is 11.3 Å². The van der Waals surface area contributed by atoms with Gasteiger partial charge < -0.3 is 5.32 Å². The predicted molar refractivity (Wildman–Crippen MR) is 72.2 cm³/mol. The van der Waals surface area contributed by atoms with Crippen LogP contribution in [0.3, 0.4) is 0 Å². The van der Waals surface area contributed by atoms with Gasteiger partial charge in [-0.3, -0.25) is 0 Å². The number of hydrogen-bond acceptors (Lipinski definition) is 4.